The first-order valence-corrected chi connectivity index (χ1v) is 5.55. The lowest BCUT2D eigenvalue weighted by Crippen LogP contribution is -2.53. The lowest BCUT2D eigenvalue weighted by molar-refractivity contribution is -0.174. The largest absolute Gasteiger partial charge is 0.299 e. The summed E-state index contributed by atoms with van der Waals surface area (Å²) in [5.74, 6) is -2.54. The summed E-state index contributed by atoms with van der Waals surface area (Å²) in [5, 5.41) is 0. The average molecular weight is 196 g/mol. The lowest BCUT2D eigenvalue weighted by Gasteiger charge is -2.45. The van der Waals surface area contributed by atoms with Crippen molar-refractivity contribution in [3.63, 3.8) is 0 Å². The maximum absolute atomic E-state index is 13.9. The molecule has 0 aromatic rings. The van der Waals surface area contributed by atoms with E-state index in [2.05, 4.69) is 0 Å². The first kappa shape index (κ1) is 6.91. The van der Waals surface area contributed by atoms with Crippen LogP contribution in [0.25, 0.3) is 0 Å². The van der Waals surface area contributed by atoms with Crippen molar-refractivity contribution in [1.29, 1.82) is 0 Å². The number of hydrogen-bond donors (Lipinski definition) is 0. The van der Waals surface area contributed by atoms with Gasteiger partial charge in [-0.1, -0.05) is 0 Å². The fourth-order valence-electron chi connectivity index (χ4n) is 6.07. The quantitative estimate of drug-likeness (QED) is 0.575. The molecular formula is C11H10F2O. The zero-order valence-electron chi connectivity index (χ0n) is 7.49. The molecule has 0 heterocycles. The molecule has 2 bridgehead atoms. The SMILES string of the molecule is O=C1[C@@H]2[C@H]3C[C@@H]4[C@H]5[C@H]3[C@H]1[C@@H]5C(F)(F)[C@H]42. The highest BCUT2D eigenvalue weighted by molar-refractivity contribution is 5.91. The molecule has 3 heteroatoms. The Balaban J connectivity index is 1.87. The van der Waals surface area contributed by atoms with Crippen LogP contribution in [0, 0.1) is 47.3 Å². The van der Waals surface area contributed by atoms with E-state index in [9.17, 15) is 13.6 Å². The highest BCUT2D eigenvalue weighted by Crippen LogP contribution is 2.85. The molecule has 0 spiro atoms. The second kappa shape index (κ2) is 1.48. The van der Waals surface area contributed by atoms with Crippen molar-refractivity contribution >= 4 is 5.78 Å². The van der Waals surface area contributed by atoms with Gasteiger partial charge in [-0.05, 0) is 30.1 Å². The van der Waals surface area contributed by atoms with E-state index in [0.717, 1.165) is 6.42 Å². The topological polar surface area (TPSA) is 17.1 Å². The first-order valence-electron chi connectivity index (χ1n) is 5.55. The molecule has 5 fully saturated rings. The highest BCUT2D eigenvalue weighted by atomic mass is 19.3. The van der Waals surface area contributed by atoms with Gasteiger partial charge in [-0.3, -0.25) is 4.79 Å². The van der Waals surface area contributed by atoms with Crippen LogP contribution in [0.4, 0.5) is 8.78 Å². The van der Waals surface area contributed by atoms with Crippen LogP contribution in [0.5, 0.6) is 0 Å². The van der Waals surface area contributed by atoms with Gasteiger partial charge in [-0.25, -0.2) is 8.78 Å². The van der Waals surface area contributed by atoms with Gasteiger partial charge in [0.05, 0.1) is 0 Å². The second-order valence-electron chi connectivity index (χ2n) is 5.90. The van der Waals surface area contributed by atoms with Crippen molar-refractivity contribution in [1.82, 2.24) is 0 Å². The van der Waals surface area contributed by atoms with Gasteiger partial charge in [0.15, 0.2) is 0 Å². The normalized spacial score (nSPS) is 73.4. The van der Waals surface area contributed by atoms with E-state index >= 15 is 0 Å². The monoisotopic (exact) mass is 196 g/mol. The lowest BCUT2D eigenvalue weighted by atomic mass is 9.59. The molecule has 0 aromatic heterocycles. The molecule has 1 nitrogen and oxygen atoms in total. The fourth-order valence-corrected chi connectivity index (χ4v) is 6.07. The summed E-state index contributed by atoms with van der Waals surface area (Å²) in [5.41, 5.74) is 0. The zero-order chi connectivity index (χ0) is 9.40. The zero-order valence-corrected chi connectivity index (χ0v) is 7.49. The minimum absolute atomic E-state index is 0.214. The molecule has 0 N–H and O–H groups in total. The molecule has 0 unspecified atom stereocenters. The van der Waals surface area contributed by atoms with Gasteiger partial charge in [-0.2, -0.15) is 0 Å². The van der Waals surface area contributed by atoms with Crippen LogP contribution in [0.3, 0.4) is 0 Å². The van der Waals surface area contributed by atoms with Crippen molar-refractivity contribution in [3.8, 4) is 0 Å². The predicted octanol–water partition coefficient (Wildman–Crippen LogP) is 1.58. The number of carbonyl (C=O) groups excluding carboxylic acids is 1. The van der Waals surface area contributed by atoms with E-state index in [0.29, 0.717) is 11.8 Å². The number of rotatable bonds is 0. The average Bonchev–Trinajstić information content (AvgIpc) is 2.52. The number of Topliss-reactive ketones (excluding diaryl/α,β-unsaturated/α-hetero) is 1. The van der Waals surface area contributed by atoms with Gasteiger partial charge >= 0.3 is 0 Å². The number of alkyl halides is 2. The summed E-state index contributed by atoms with van der Waals surface area (Å²) in [6.07, 6.45) is 0.943. The fraction of sp³-hybridized carbons (Fsp3) is 0.909. The van der Waals surface area contributed by atoms with E-state index in [1.165, 1.54) is 0 Å². The number of halogens is 2. The summed E-state index contributed by atoms with van der Waals surface area (Å²) in [4.78, 5) is 11.9. The van der Waals surface area contributed by atoms with Crippen LogP contribution in [0.2, 0.25) is 0 Å². The molecule has 74 valence electrons. The highest BCUT2D eigenvalue weighted by Gasteiger charge is 2.89. The molecule has 0 saturated heterocycles. The van der Waals surface area contributed by atoms with Gasteiger partial charge in [0.25, 0.3) is 5.92 Å². The first-order chi connectivity index (χ1) is 6.64. The summed E-state index contributed by atoms with van der Waals surface area (Å²) in [6.45, 7) is 0. The van der Waals surface area contributed by atoms with Crippen molar-refractivity contribution in [3.05, 3.63) is 0 Å². The molecule has 5 rings (SSSR count). The molecule has 0 amide bonds. The van der Waals surface area contributed by atoms with Crippen LogP contribution in [0.1, 0.15) is 6.42 Å². The van der Waals surface area contributed by atoms with Gasteiger partial charge in [0.2, 0.25) is 0 Å². The van der Waals surface area contributed by atoms with E-state index in [4.69, 9.17) is 0 Å². The molecule has 0 aromatic carbocycles. The minimum Gasteiger partial charge on any atom is -0.299 e. The Morgan fingerprint density at radius 3 is 2.64 bits per heavy atom. The molecule has 0 radical (unpaired) electrons. The number of fused-ring (bicyclic) bond motifs is 2. The van der Waals surface area contributed by atoms with E-state index in [1.807, 2.05) is 0 Å². The van der Waals surface area contributed by atoms with Crippen LogP contribution >= 0.6 is 0 Å². The van der Waals surface area contributed by atoms with Gasteiger partial charge in [-0.15, -0.1) is 0 Å². The maximum atomic E-state index is 13.9. The molecule has 0 aliphatic heterocycles. The summed E-state index contributed by atoms with van der Waals surface area (Å²) < 4.78 is 27.8. The summed E-state index contributed by atoms with van der Waals surface area (Å²) >= 11 is 0. The van der Waals surface area contributed by atoms with Crippen molar-refractivity contribution in [2.45, 2.75) is 12.3 Å². The number of hydrogen-bond acceptors (Lipinski definition) is 1. The standard InChI is InChI=1S/C11H10F2O/c12-11(13)8-3-1-2-4-5(3)9(11)7(4)10(14)6(2)8/h2-9H,1H2/t2-,3+,4-,5-,6+,7-,8+,9+/m0/s1. The predicted molar refractivity (Wildman–Crippen MR) is 42.5 cm³/mol. The Hall–Kier alpha value is -0.470. The Labute approximate surface area is 79.9 Å². The molecule has 14 heavy (non-hydrogen) atoms. The number of ketones is 1. The number of carbonyl (C=O) groups is 1. The summed E-state index contributed by atoms with van der Waals surface area (Å²) in [6, 6.07) is 0. The Morgan fingerprint density at radius 1 is 1.07 bits per heavy atom. The Kier molecular flexibility index (Phi) is 0.732. The molecule has 5 aliphatic rings. The smallest absolute Gasteiger partial charge is 0.255 e. The van der Waals surface area contributed by atoms with E-state index in [1.54, 1.807) is 0 Å². The van der Waals surface area contributed by atoms with Crippen molar-refractivity contribution in [2.24, 2.45) is 47.3 Å². The minimum atomic E-state index is -2.49. The van der Waals surface area contributed by atoms with E-state index < -0.39 is 17.8 Å². The second-order valence-corrected chi connectivity index (χ2v) is 5.90. The third-order valence-corrected chi connectivity index (χ3v) is 6.05. The maximum Gasteiger partial charge on any atom is 0.255 e. The summed E-state index contributed by atoms with van der Waals surface area (Å²) in [7, 11) is 0. The van der Waals surface area contributed by atoms with Gasteiger partial charge in [0.1, 0.15) is 5.78 Å². The van der Waals surface area contributed by atoms with Crippen molar-refractivity contribution in [2.75, 3.05) is 0 Å². The van der Waals surface area contributed by atoms with Gasteiger partial charge in [0, 0.05) is 23.7 Å². The van der Waals surface area contributed by atoms with Crippen molar-refractivity contribution < 1.29 is 13.6 Å². The van der Waals surface area contributed by atoms with Crippen LogP contribution in [-0.2, 0) is 4.79 Å². The van der Waals surface area contributed by atoms with Gasteiger partial charge < -0.3 is 0 Å². The van der Waals surface area contributed by atoms with E-state index in [-0.39, 0.29) is 29.5 Å². The molecule has 5 aliphatic carbocycles. The Morgan fingerprint density at radius 2 is 1.86 bits per heavy atom. The molecule has 5 saturated carbocycles. The molecular weight excluding hydrogens is 186 g/mol. The van der Waals surface area contributed by atoms with Crippen LogP contribution < -0.4 is 0 Å². The van der Waals surface area contributed by atoms with Crippen LogP contribution in [-0.4, -0.2) is 11.7 Å². The molecule has 8 atom stereocenters. The third kappa shape index (κ3) is 0.361. The van der Waals surface area contributed by atoms with Crippen LogP contribution in [0.15, 0.2) is 0 Å². The third-order valence-electron chi connectivity index (χ3n) is 6.05. The Bertz CT molecular complexity index is 391.